The van der Waals surface area contributed by atoms with E-state index < -0.39 is 5.54 Å². The van der Waals surface area contributed by atoms with Crippen LogP contribution in [0.3, 0.4) is 0 Å². The molecule has 4 N–H and O–H groups in total. The van der Waals surface area contributed by atoms with Gasteiger partial charge in [0.1, 0.15) is 12.4 Å². The van der Waals surface area contributed by atoms with Gasteiger partial charge < -0.3 is 30.4 Å². The monoisotopic (exact) mass is 509 g/mol. The minimum atomic E-state index is -0.664. The molecular weight excluding hydrogens is 482 g/mol. The molecule has 1 aliphatic heterocycles. The van der Waals surface area contributed by atoms with E-state index in [0.29, 0.717) is 57.7 Å². The maximum absolute atomic E-state index is 12.9. The molecule has 0 spiro atoms. The number of carbonyl (C=O) groups excluding carboxylic acids is 2. The smallest absolute Gasteiger partial charge is 0.255 e. The van der Waals surface area contributed by atoms with E-state index in [1.54, 1.807) is 30.6 Å². The van der Waals surface area contributed by atoms with E-state index in [4.69, 9.17) is 21.1 Å². The van der Waals surface area contributed by atoms with Gasteiger partial charge in [-0.15, -0.1) is 0 Å². The number of para-hydroxylation sites is 1. The zero-order chi connectivity index (χ0) is 25.9. The first kappa shape index (κ1) is 25.1. The zero-order valence-electron chi connectivity index (χ0n) is 20.3. The molecule has 3 aromatic rings. The SMILES string of the molecule is C=CC(=O)NC(C)(C)COc1cnccc1-c1[nH]c2c(c1Nc1cccc(Cl)c1OC)C(=O)NCC2. The number of amides is 2. The quantitative estimate of drug-likeness (QED) is 0.321. The van der Waals surface area contributed by atoms with Crippen LogP contribution in [-0.4, -0.2) is 47.6 Å². The van der Waals surface area contributed by atoms with E-state index in [2.05, 4.69) is 32.5 Å². The summed E-state index contributed by atoms with van der Waals surface area (Å²) >= 11 is 6.34. The van der Waals surface area contributed by atoms with Crippen molar-refractivity contribution in [2.75, 3.05) is 25.6 Å². The Labute approximate surface area is 214 Å². The third kappa shape index (κ3) is 5.16. The number of aromatic amines is 1. The molecule has 188 valence electrons. The van der Waals surface area contributed by atoms with Gasteiger partial charge in [0, 0.05) is 30.4 Å². The predicted octanol–water partition coefficient (Wildman–Crippen LogP) is 4.23. The molecule has 0 saturated heterocycles. The maximum atomic E-state index is 12.9. The van der Waals surface area contributed by atoms with E-state index in [1.165, 1.54) is 13.2 Å². The summed E-state index contributed by atoms with van der Waals surface area (Å²) < 4.78 is 11.6. The van der Waals surface area contributed by atoms with Gasteiger partial charge in [-0.1, -0.05) is 24.2 Å². The number of halogens is 1. The van der Waals surface area contributed by atoms with Crippen LogP contribution in [0.15, 0.2) is 49.3 Å². The number of nitrogens with zero attached hydrogens (tertiary/aromatic N) is 1. The molecule has 10 heteroatoms. The summed E-state index contributed by atoms with van der Waals surface area (Å²) in [6.07, 6.45) is 5.11. The highest BCUT2D eigenvalue weighted by Crippen LogP contribution is 2.42. The molecule has 0 aliphatic carbocycles. The lowest BCUT2D eigenvalue weighted by atomic mass is 10.0. The fraction of sp³-hybridized carbons (Fsp3) is 0.269. The lowest BCUT2D eigenvalue weighted by Gasteiger charge is -2.26. The van der Waals surface area contributed by atoms with Crippen molar-refractivity contribution in [2.45, 2.75) is 25.8 Å². The molecule has 1 aliphatic rings. The van der Waals surface area contributed by atoms with Crippen LogP contribution in [0.5, 0.6) is 11.5 Å². The van der Waals surface area contributed by atoms with Crippen molar-refractivity contribution >= 4 is 34.8 Å². The van der Waals surface area contributed by atoms with Gasteiger partial charge in [0.15, 0.2) is 5.75 Å². The standard InChI is InChI=1S/C26H28ClN5O4/c1-5-20(33)32-26(2,3)14-36-19-13-28-11-9-15(19)22-23(21-17(30-22)10-12-29-25(21)34)31-18-8-6-7-16(27)24(18)35-4/h5-9,11,13,30-31H,1,10,12,14H2,2-4H3,(H,29,34)(H,32,33). The topological polar surface area (TPSA) is 117 Å². The highest BCUT2D eigenvalue weighted by Gasteiger charge is 2.29. The first-order chi connectivity index (χ1) is 17.2. The fourth-order valence-electron chi connectivity index (χ4n) is 4.04. The third-order valence-electron chi connectivity index (χ3n) is 5.69. The van der Waals surface area contributed by atoms with E-state index >= 15 is 0 Å². The van der Waals surface area contributed by atoms with Gasteiger partial charge in [0.2, 0.25) is 5.91 Å². The summed E-state index contributed by atoms with van der Waals surface area (Å²) in [6, 6.07) is 7.16. The Morgan fingerprint density at radius 3 is 2.89 bits per heavy atom. The van der Waals surface area contributed by atoms with E-state index in [1.807, 2.05) is 19.9 Å². The van der Waals surface area contributed by atoms with Gasteiger partial charge >= 0.3 is 0 Å². The molecule has 0 fully saturated rings. The van der Waals surface area contributed by atoms with Crippen molar-refractivity contribution in [3.8, 4) is 22.8 Å². The summed E-state index contributed by atoms with van der Waals surface area (Å²) in [5.41, 5.74) is 3.18. The number of hydrogen-bond donors (Lipinski definition) is 4. The van der Waals surface area contributed by atoms with Crippen molar-refractivity contribution in [3.05, 3.63) is 65.6 Å². The number of ether oxygens (including phenoxy) is 2. The molecule has 36 heavy (non-hydrogen) atoms. The number of benzene rings is 1. The largest absolute Gasteiger partial charge is 0.493 e. The fourth-order valence-corrected chi connectivity index (χ4v) is 4.29. The molecule has 1 aromatic carbocycles. The molecule has 0 bridgehead atoms. The predicted molar refractivity (Wildman–Crippen MR) is 139 cm³/mol. The molecule has 9 nitrogen and oxygen atoms in total. The minimum absolute atomic E-state index is 0.178. The number of methoxy groups -OCH3 is 1. The number of anilines is 2. The average Bonchev–Trinajstić information content (AvgIpc) is 3.22. The number of H-pyrrole nitrogens is 1. The van der Waals surface area contributed by atoms with Crippen molar-refractivity contribution in [1.29, 1.82) is 0 Å². The van der Waals surface area contributed by atoms with Crippen LogP contribution in [0.25, 0.3) is 11.3 Å². The second kappa shape index (κ2) is 10.3. The Morgan fingerprint density at radius 2 is 2.14 bits per heavy atom. The van der Waals surface area contributed by atoms with Gasteiger partial charge in [0.05, 0.1) is 46.5 Å². The second-order valence-electron chi connectivity index (χ2n) is 8.92. The Kier molecular flexibility index (Phi) is 7.21. The van der Waals surface area contributed by atoms with E-state index in [9.17, 15) is 9.59 Å². The normalized spacial score (nSPS) is 12.8. The first-order valence-corrected chi connectivity index (χ1v) is 11.8. The molecule has 3 heterocycles. The maximum Gasteiger partial charge on any atom is 0.255 e. The third-order valence-corrected chi connectivity index (χ3v) is 5.98. The van der Waals surface area contributed by atoms with Gasteiger partial charge in [0.25, 0.3) is 5.91 Å². The van der Waals surface area contributed by atoms with Crippen molar-refractivity contribution in [1.82, 2.24) is 20.6 Å². The molecule has 0 saturated carbocycles. The molecule has 0 unspecified atom stereocenters. The Hall–Kier alpha value is -3.98. The van der Waals surface area contributed by atoms with E-state index in [0.717, 1.165) is 5.69 Å². The molecular formula is C26H28ClN5O4. The summed E-state index contributed by atoms with van der Waals surface area (Å²) in [6.45, 7) is 7.90. The van der Waals surface area contributed by atoms with Gasteiger partial charge in [-0.3, -0.25) is 14.6 Å². The van der Waals surface area contributed by atoms with Crippen LogP contribution in [-0.2, 0) is 11.2 Å². The average molecular weight is 510 g/mol. The Balaban J connectivity index is 1.76. The summed E-state index contributed by atoms with van der Waals surface area (Å²) in [4.78, 5) is 32.3. The number of fused-ring (bicyclic) bond motifs is 1. The number of carbonyl (C=O) groups is 2. The molecule has 0 atom stereocenters. The Bertz CT molecular complexity index is 1320. The molecule has 0 radical (unpaired) electrons. The molecule has 2 amide bonds. The molecule has 2 aromatic heterocycles. The van der Waals surface area contributed by atoms with Crippen LogP contribution < -0.4 is 25.4 Å². The number of nitrogens with one attached hydrogen (secondary N) is 4. The number of aromatic nitrogens is 2. The van der Waals surface area contributed by atoms with Gasteiger partial charge in [-0.25, -0.2) is 0 Å². The highest BCUT2D eigenvalue weighted by molar-refractivity contribution is 6.32. The van der Waals surface area contributed by atoms with Crippen molar-refractivity contribution < 1.29 is 19.1 Å². The number of pyridine rings is 1. The lowest BCUT2D eigenvalue weighted by Crippen LogP contribution is -2.47. The second-order valence-corrected chi connectivity index (χ2v) is 9.33. The van der Waals surface area contributed by atoms with Crippen LogP contribution in [0, 0.1) is 0 Å². The van der Waals surface area contributed by atoms with Crippen LogP contribution in [0.1, 0.15) is 29.9 Å². The van der Waals surface area contributed by atoms with Crippen LogP contribution in [0.4, 0.5) is 11.4 Å². The van der Waals surface area contributed by atoms with Gasteiger partial charge in [-0.05, 0) is 38.1 Å². The van der Waals surface area contributed by atoms with E-state index in [-0.39, 0.29) is 18.4 Å². The number of hydrogen-bond acceptors (Lipinski definition) is 6. The zero-order valence-corrected chi connectivity index (χ0v) is 21.1. The molecule has 4 rings (SSSR count). The Morgan fingerprint density at radius 1 is 1.33 bits per heavy atom. The lowest BCUT2D eigenvalue weighted by molar-refractivity contribution is -0.118. The summed E-state index contributed by atoms with van der Waals surface area (Å²) in [5, 5.41) is 9.54. The van der Waals surface area contributed by atoms with Crippen molar-refractivity contribution in [2.24, 2.45) is 0 Å². The van der Waals surface area contributed by atoms with Crippen LogP contribution in [0.2, 0.25) is 5.02 Å². The van der Waals surface area contributed by atoms with Crippen molar-refractivity contribution in [3.63, 3.8) is 0 Å². The minimum Gasteiger partial charge on any atom is -0.493 e. The first-order valence-electron chi connectivity index (χ1n) is 11.4. The number of rotatable bonds is 9. The van der Waals surface area contributed by atoms with Crippen LogP contribution >= 0.6 is 11.6 Å². The highest BCUT2D eigenvalue weighted by atomic mass is 35.5. The summed E-state index contributed by atoms with van der Waals surface area (Å²) in [7, 11) is 1.54. The van der Waals surface area contributed by atoms with Gasteiger partial charge in [-0.2, -0.15) is 0 Å². The summed E-state index contributed by atoms with van der Waals surface area (Å²) in [5.74, 6) is 0.466.